The lowest BCUT2D eigenvalue weighted by Gasteiger charge is -2.39. The van der Waals surface area contributed by atoms with Crippen LogP contribution in [0.4, 0.5) is 19.0 Å². The van der Waals surface area contributed by atoms with Gasteiger partial charge in [0.1, 0.15) is 11.6 Å². The van der Waals surface area contributed by atoms with Gasteiger partial charge in [0, 0.05) is 63.5 Å². The molecule has 0 saturated carbocycles. The molecule has 0 aromatic carbocycles. The first-order valence-corrected chi connectivity index (χ1v) is 11.4. The molecule has 2 saturated heterocycles. The van der Waals surface area contributed by atoms with Crippen LogP contribution < -0.4 is 4.90 Å². The minimum Gasteiger partial charge on any atom is -0.361 e. The van der Waals surface area contributed by atoms with Gasteiger partial charge in [-0.05, 0) is 32.8 Å². The molecule has 4 rings (SSSR count). The van der Waals surface area contributed by atoms with Crippen molar-refractivity contribution < 1.29 is 22.5 Å². The number of carbonyl (C=O) groups is 1. The van der Waals surface area contributed by atoms with Crippen LogP contribution in [-0.4, -0.2) is 65.1 Å². The van der Waals surface area contributed by atoms with Crippen LogP contribution >= 0.6 is 11.6 Å². The van der Waals surface area contributed by atoms with Gasteiger partial charge in [0.05, 0.1) is 16.3 Å². The number of piperazine rings is 1. The third kappa shape index (κ3) is 5.27. The minimum atomic E-state index is -4.48. The van der Waals surface area contributed by atoms with Crippen LogP contribution in [0.5, 0.6) is 0 Å². The highest BCUT2D eigenvalue weighted by molar-refractivity contribution is 6.33. The monoisotopic (exact) mass is 485 g/mol. The molecule has 0 spiro atoms. The fraction of sp³-hybridized carbons (Fsp3) is 0.591. The van der Waals surface area contributed by atoms with Crippen molar-refractivity contribution in [3.63, 3.8) is 0 Å². The maximum atomic E-state index is 13.0. The zero-order valence-corrected chi connectivity index (χ0v) is 19.4. The molecule has 0 atom stereocenters. The van der Waals surface area contributed by atoms with Crippen LogP contribution in [0.1, 0.15) is 35.4 Å². The zero-order chi connectivity index (χ0) is 23.8. The largest absolute Gasteiger partial charge is 0.417 e. The SMILES string of the molecule is Cc1noc(C)c1CN1CCN(C(=O)C2CCN(c3ncc(C(F)(F)F)cc3Cl)CC2)CC1. The van der Waals surface area contributed by atoms with Gasteiger partial charge in [0.25, 0.3) is 0 Å². The van der Waals surface area contributed by atoms with Gasteiger partial charge in [-0.25, -0.2) is 4.98 Å². The van der Waals surface area contributed by atoms with Crippen molar-refractivity contribution in [1.82, 2.24) is 19.9 Å². The van der Waals surface area contributed by atoms with E-state index >= 15 is 0 Å². The van der Waals surface area contributed by atoms with Gasteiger partial charge in [-0.15, -0.1) is 0 Å². The van der Waals surface area contributed by atoms with Crippen LogP contribution in [0.2, 0.25) is 5.02 Å². The van der Waals surface area contributed by atoms with Crippen molar-refractivity contribution in [2.45, 2.75) is 39.4 Å². The molecule has 33 heavy (non-hydrogen) atoms. The van der Waals surface area contributed by atoms with E-state index in [0.29, 0.717) is 44.8 Å². The molecular weight excluding hydrogens is 459 g/mol. The molecule has 2 aliphatic rings. The van der Waals surface area contributed by atoms with Crippen LogP contribution in [0.15, 0.2) is 16.8 Å². The summed E-state index contributed by atoms with van der Waals surface area (Å²) in [6.07, 6.45) is -2.43. The molecule has 2 fully saturated rings. The number of pyridine rings is 1. The average molecular weight is 486 g/mol. The summed E-state index contributed by atoms with van der Waals surface area (Å²) < 4.78 is 43.8. The lowest BCUT2D eigenvalue weighted by molar-refractivity contribution is -0.138. The first-order chi connectivity index (χ1) is 15.6. The van der Waals surface area contributed by atoms with Crippen molar-refractivity contribution in [2.24, 2.45) is 5.92 Å². The number of rotatable bonds is 4. The third-order valence-corrected chi connectivity index (χ3v) is 6.82. The third-order valence-electron chi connectivity index (χ3n) is 6.54. The summed E-state index contributed by atoms with van der Waals surface area (Å²) in [6.45, 7) is 8.60. The van der Waals surface area contributed by atoms with Gasteiger partial charge in [-0.1, -0.05) is 16.8 Å². The molecular formula is C22H27ClF3N5O2. The van der Waals surface area contributed by atoms with Crippen molar-refractivity contribution in [3.05, 3.63) is 39.9 Å². The number of halogens is 4. The predicted molar refractivity (Wildman–Crippen MR) is 117 cm³/mol. The normalized spacial score (nSPS) is 18.7. The Kier molecular flexibility index (Phi) is 6.86. The first kappa shape index (κ1) is 23.8. The smallest absolute Gasteiger partial charge is 0.361 e. The topological polar surface area (TPSA) is 65.7 Å². The number of amides is 1. The highest BCUT2D eigenvalue weighted by atomic mass is 35.5. The van der Waals surface area contributed by atoms with Gasteiger partial charge in [0.2, 0.25) is 5.91 Å². The zero-order valence-electron chi connectivity index (χ0n) is 18.7. The van der Waals surface area contributed by atoms with E-state index in [-0.39, 0.29) is 16.8 Å². The standard InChI is InChI=1S/C22H27ClF3N5O2/c1-14-18(15(2)33-28-14)13-29-7-9-31(10-8-29)21(32)16-3-5-30(6-4-16)20-19(23)11-17(12-27-20)22(24,25)26/h11-12,16H,3-10,13H2,1-2H3. The number of hydrogen-bond donors (Lipinski definition) is 0. The Bertz CT molecular complexity index is 977. The number of hydrogen-bond acceptors (Lipinski definition) is 6. The Labute approximate surface area is 195 Å². The number of carbonyl (C=O) groups excluding carboxylic acids is 1. The van der Waals surface area contributed by atoms with E-state index in [2.05, 4.69) is 15.0 Å². The van der Waals surface area contributed by atoms with Crippen molar-refractivity contribution in [2.75, 3.05) is 44.2 Å². The lowest BCUT2D eigenvalue weighted by Crippen LogP contribution is -2.51. The summed E-state index contributed by atoms with van der Waals surface area (Å²) in [5.74, 6) is 1.23. The highest BCUT2D eigenvalue weighted by Crippen LogP contribution is 2.35. The Balaban J connectivity index is 1.28. The number of aryl methyl sites for hydroxylation is 2. The molecule has 11 heteroatoms. The fourth-order valence-electron chi connectivity index (χ4n) is 4.49. The molecule has 0 N–H and O–H groups in total. The molecule has 7 nitrogen and oxygen atoms in total. The summed E-state index contributed by atoms with van der Waals surface area (Å²) in [7, 11) is 0. The van der Waals surface area contributed by atoms with Gasteiger partial charge in [0.15, 0.2) is 0 Å². The summed E-state index contributed by atoms with van der Waals surface area (Å²) in [4.78, 5) is 23.1. The Morgan fingerprint density at radius 3 is 2.36 bits per heavy atom. The fourth-order valence-corrected chi connectivity index (χ4v) is 4.78. The molecule has 0 aliphatic carbocycles. The highest BCUT2D eigenvalue weighted by Gasteiger charge is 2.34. The predicted octanol–water partition coefficient (Wildman–Crippen LogP) is 3.92. The Morgan fingerprint density at radius 2 is 1.82 bits per heavy atom. The number of alkyl halides is 3. The average Bonchev–Trinajstić information content (AvgIpc) is 3.11. The number of aromatic nitrogens is 2. The number of nitrogens with zero attached hydrogens (tertiary/aromatic N) is 5. The Hall–Kier alpha value is -2.33. The van der Waals surface area contributed by atoms with E-state index in [1.165, 1.54) is 0 Å². The molecule has 0 radical (unpaired) electrons. The molecule has 1 amide bonds. The summed E-state index contributed by atoms with van der Waals surface area (Å²) in [5.41, 5.74) is 1.15. The quantitative estimate of drug-likeness (QED) is 0.654. The van der Waals surface area contributed by atoms with Crippen LogP contribution in [0.3, 0.4) is 0 Å². The second-order valence-electron chi connectivity index (χ2n) is 8.69. The second-order valence-corrected chi connectivity index (χ2v) is 9.10. The van der Waals surface area contributed by atoms with E-state index in [0.717, 1.165) is 48.9 Å². The van der Waals surface area contributed by atoms with Crippen molar-refractivity contribution in [1.29, 1.82) is 0 Å². The minimum absolute atomic E-state index is 0.0241. The van der Waals surface area contributed by atoms with Gasteiger partial charge < -0.3 is 14.3 Å². The van der Waals surface area contributed by atoms with Crippen molar-refractivity contribution >= 4 is 23.3 Å². The number of piperidine rings is 1. The molecule has 2 aliphatic heterocycles. The molecule has 180 valence electrons. The molecule has 4 heterocycles. The van der Waals surface area contributed by atoms with Crippen LogP contribution in [-0.2, 0) is 17.5 Å². The number of anilines is 1. The van der Waals surface area contributed by atoms with E-state index in [1.807, 2.05) is 23.6 Å². The van der Waals surface area contributed by atoms with Gasteiger partial charge in [-0.3, -0.25) is 9.69 Å². The summed E-state index contributed by atoms with van der Waals surface area (Å²) in [6, 6.07) is 0.906. The first-order valence-electron chi connectivity index (χ1n) is 11.0. The van der Waals surface area contributed by atoms with E-state index in [4.69, 9.17) is 16.1 Å². The van der Waals surface area contributed by atoms with Crippen molar-refractivity contribution in [3.8, 4) is 0 Å². The molecule has 2 aromatic rings. The molecule has 0 bridgehead atoms. The molecule has 2 aromatic heterocycles. The van der Waals surface area contributed by atoms with Gasteiger partial charge in [-0.2, -0.15) is 13.2 Å². The van der Waals surface area contributed by atoms with E-state index < -0.39 is 11.7 Å². The summed E-state index contributed by atoms with van der Waals surface area (Å²) in [5, 5.41) is 3.98. The Morgan fingerprint density at radius 1 is 1.15 bits per heavy atom. The second kappa shape index (κ2) is 9.50. The lowest BCUT2D eigenvalue weighted by atomic mass is 9.95. The maximum absolute atomic E-state index is 13.0. The van der Waals surface area contributed by atoms with Crippen LogP contribution in [0, 0.1) is 19.8 Å². The summed E-state index contributed by atoms with van der Waals surface area (Å²) >= 11 is 6.08. The van der Waals surface area contributed by atoms with E-state index in [1.54, 1.807) is 0 Å². The maximum Gasteiger partial charge on any atom is 0.417 e. The van der Waals surface area contributed by atoms with E-state index in [9.17, 15) is 18.0 Å². The van der Waals surface area contributed by atoms with Crippen LogP contribution in [0.25, 0.3) is 0 Å². The van der Waals surface area contributed by atoms with Gasteiger partial charge >= 0.3 is 6.18 Å². The molecule has 0 unspecified atom stereocenters.